The van der Waals surface area contributed by atoms with E-state index in [0.717, 1.165) is 6.42 Å². The molecule has 0 amide bonds. The highest BCUT2D eigenvalue weighted by atomic mass is 16.1. The van der Waals surface area contributed by atoms with E-state index in [1.807, 2.05) is 0 Å². The van der Waals surface area contributed by atoms with Gasteiger partial charge in [0.05, 0.1) is 0 Å². The van der Waals surface area contributed by atoms with Crippen molar-refractivity contribution in [2.24, 2.45) is 34.0 Å². The van der Waals surface area contributed by atoms with Crippen molar-refractivity contribution in [1.29, 1.82) is 0 Å². The van der Waals surface area contributed by atoms with Gasteiger partial charge in [0.2, 0.25) is 0 Å². The molecule has 0 saturated heterocycles. The summed E-state index contributed by atoms with van der Waals surface area (Å²) in [5, 5.41) is 0. The second-order valence-electron chi connectivity index (χ2n) is 7.49. The van der Waals surface area contributed by atoms with Crippen LogP contribution in [0.1, 0.15) is 47.5 Å². The summed E-state index contributed by atoms with van der Waals surface area (Å²) >= 11 is 0. The SMILES string of the molecule is CC(C)[C@@]12C[C@@]3(C)CC(C)(C)[C@@H]1[C@@H]2C3=O. The molecule has 4 rings (SSSR count). The second-order valence-corrected chi connectivity index (χ2v) is 7.49. The molecule has 4 fully saturated rings. The van der Waals surface area contributed by atoms with Crippen molar-refractivity contribution < 1.29 is 4.79 Å². The van der Waals surface area contributed by atoms with Crippen molar-refractivity contribution in [2.75, 3.05) is 0 Å². The fourth-order valence-corrected chi connectivity index (χ4v) is 5.58. The molecule has 4 aliphatic rings. The van der Waals surface area contributed by atoms with E-state index < -0.39 is 0 Å². The Morgan fingerprint density at radius 3 is 2.27 bits per heavy atom. The molecule has 4 atom stereocenters. The van der Waals surface area contributed by atoms with Crippen molar-refractivity contribution in [1.82, 2.24) is 0 Å². The zero-order valence-corrected chi connectivity index (χ0v) is 10.6. The third kappa shape index (κ3) is 0.819. The Morgan fingerprint density at radius 2 is 1.80 bits per heavy atom. The molecule has 0 unspecified atom stereocenters. The van der Waals surface area contributed by atoms with Crippen LogP contribution in [0.4, 0.5) is 0 Å². The maximum absolute atomic E-state index is 12.3. The quantitative estimate of drug-likeness (QED) is 0.643. The van der Waals surface area contributed by atoms with Gasteiger partial charge in [-0.05, 0) is 35.5 Å². The molecular weight excluding hydrogens is 184 g/mol. The Bertz CT molecular complexity index is 354. The first-order chi connectivity index (χ1) is 6.76. The number of Topliss-reactive ketones (excluding diaryl/α,β-unsaturated/α-hetero) is 1. The number of carbonyl (C=O) groups is 1. The number of carbonyl (C=O) groups excluding carboxylic acids is 1. The lowest BCUT2D eigenvalue weighted by molar-refractivity contribution is -0.134. The van der Waals surface area contributed by atoms with E-state index >= 15 is 0 Å². The molecule has 0 radical (unpaired) electrons. The van der Waals surface area contributed by atoms with Gasteiger partial charge in [0.25, 0.3) is 0 Å². The number of hydrogen-bond acceptors (Lipinski definition) is 1. The molecule has 4 aliphatic carbocycles. The first-order valence-corrected chi connectivity index (χ1v) is 6.30. The van der Waals surface area contributed by atoms with Crippen LogP contribution in [0.15, 0.2) is 0 Å². The highest BCUT2D eigenvalue weighted by Gasteiger charge is 2.83. The van der Waals surface area contributed by atoms with Crippen LogP contribution < -0.4 is 0 Å². The lowest BCUT2D eigenvalue weighted by Gasteiger charge is -2.46. The van der Waals surface area contributed by atoms with Gasteiger partial charge in [-0.25, -0.2) is 0 Å². The Hall–Kier alpha value is -0.330. The molecule has 0 N–H and O–H groups in total. The second kappa shape index (κ2) is 2.19. The minimum atomic E-state index is 0.0210. The van der Waals surface area contributed by atoms with Crippen molar-refractivity contribution in [3.63, 3.8) is 0 Å². The number of hydrogen-bond donors (Lipinski definition) is 0. The summed E-state index contributed by atoms with van der Waals surface area (Å²) in [6.45, 7) is 11.6. The Morgan fingerprint density at radius 1 is 1.20 bits per heavy atom. The van der Waals surface area contributed by atoms with Crippen LogP contribution in [0.25, 0.3) is 0 Å². The third-order valence-corrected chi connectivity index (χ3v) is 5.72. The highest BCUT2D eigenvalue weighted by Crippen LogP contribution is 2.84. The summed E-state index contributed by atoms with van der Waals surface area (Å²) in [6, 6.07) is 0. The molecular formula is C14H22O. The van der Waals surface area contributed by atoms with E-state index in [9.17, 15) is 4.79 Å². The van der Waals surface area contributed by atoms with Crippen LogP contribution in [0.3, 0.4) is 0 Å². The molecule has 1 nitrogen and oxygen atoms in total. The van der Waals surface area contributed by atoms with Crippen LogP contribution in [-0.4, -0.2) is 5.78 Å². The largest absolute Gasteiger partial charge is 0.299 e. The average molecular weight is 206 g/mol. The van der Waals surface area contributed by atoms with Crippen molar-refractivity contribution in [3.05, 3.63) is 0 Å². The van der Waals surface area contributed by atoms with Crippen LogP contribution >= 0.6 is 0 Å². The van der Waals surface area contributed by atoms with Crippen LogP contribution in [0.2, 0.25) is 0 Å². The van der Waals surface area contributed by atoms with E-state index in [1.165, 1.54) is 6.42 Å². The van der Waals surface area contributed by atoms with E-state index in [4.69, 9.17) is 0 Å². The molecule has 4 bridgehead atoms. The molecule has 15 heavy (non-hydrogen) atoms. The fraction of sp³-hybridized carbons (Fsp3) is 0.929. The third-order valence-electron chi connectivity index (χ3n) is 5.72. The molecule has 0 aromatic heterocycles. The normalized spacial score (nSPS) is 54.9. The van der Waals surface area contributed by atoms with Crippen molar-refractivity contribution >= 4 is 5.78 Å². The van der Waals surface area contributed by atoms with Gasteiger partial charge in [0.1, 0.15) is 5.78 Å². The molecule has 0 heterocycles. The van der Waals surface area contributed by atoms with Crippen LogP contribution in [0, 0.1) is 34.0 Å². The van der Waals surface area contributed by atoms with Crippen molar-refractivity contribution in [2.45, 2.75) is 47.5 Å². The lowest BCUT2D eigenvalue weighted by atomic mass is 9.57. The molecule has 4 saturated carbocycles. The standard InChI is InChI=1S/C14H22O/c1-8(2)14-7-13(5)6-12(3,4)10(14)9(14)11(13)15/h8-10H,6-7H2,1-5H3/t9-,10+,13-,14-/m1/s1. The smallest absolute Gasteiger partial charge is 0.142 e. The summed E-state index contributed by atoms with van der Waals surface area (Å²) in [6.07, 6.45) is 2.30. The van der Waals surface area contributed by atoms with Gasteiger partial charge < -0.3 is 0 Å². The maximum atomic E-state index is 12.3. The highest BCUT2D eigenvalue weighted by molar-refractivity contribution is 5.95. The zero-order chi connectivity index (χ0) is 11.2. The van der Waals surface area contributed by atoms with Gasteiger partial charge >= 0.3 is 0 Å². The van der Waals surface area contributed by atoms with E-state index in [0.29, 0.717) is 34.4 Å². The molecule has 1 heteroatoms. The Balaban J connectivity index is 2.10. The lowest BCUT2D eigenvalue weighted by Crippen LogP contribution is -2.43. The van der Waals surface area contributed by atoms with E-state index in [2.05, 4.69) is 34.6 Å². The first-order valence-electron chi connectivity index (χ1n) is 6.30. The van der Waals surface area contributed by atoms with Gasteiger partial charge in [0.15, 0.2) is 0 Å². The zero-order valence-electron chi connectivity index (χ0n) is 10.6. The van der Waals surface area contributed by atoms with Gasteiger partial charge in [-0.3, -0.25) is 4.79 Å². The summed E-state index contributed by atoms with van der Waals surface area (Å²) in [5.74, 6) is 2.39. The molecule has 0 aliphatic heterocycles. The minimum Gasteiger partial charge on any atom is -0.299 e. The average Bonchev–Trinajstić information content (AvgIpc) is 2.66. The van der Waals surface area contributed by atoms with Crippen LogP contribution in [-0.2, 0) is 4.79 Å². The topological polar surface area (TPSA) is 17.1 Å². The number of rotatable bonds is 1. The predicted octanol–water partition coefficient (Wildman–Crippen LogP) is 3.28. The minimum absolute atomic E-state index is 0.0210. The van der Waals surface area contributed by atoms with E-state index in [1.54, 1.807) is 0 Å². The van der Waals surface area contributed by atoms with Crippen LogP contribution in [0.5, 0.6) is 0 Å². The predicted molar refractivity (Wildman–Crippen MR) is 60.4 cm³/mol. The van der Waals surface area contributed by atoms with Gasteiger partial charge in [-0.2, -0.15) is 0 Å². The Labute approximate surface area is 92.6 Å². The fourth-order valence-electron chi connectivity index (χ4n) is 5.58. The van der Waals surface area contributed by atoms with Crippen molar-refractivity contribution in [3.8, 4) is 0 Å². The first kappa shape index (κ1) is 9.86. The number of ketones is 1. The molecule has 0 spiro atoms. The molecule has 0 aromatic rings. The molecule has 0 aromatic carbocycles. The summed E-state index contributed by atoms with van der Waals surface area (Å²) in [7, 11) is 0. The maximum Gasteiger partial charge on any atom is 0.142 e. The summed E-state index contributed by atoms with van der Waals surface area (Å²) in [5.41, 5.74) is 0.816. The van der Waals surface area contributed by atoms with Gasteiger partial charge in [0, 0.05) is 11.3 Å². The Kier molecular flexibility index (Phi) is 1.44. The van der Waals surface area contributed by atoms with E-state index in [-0.39, 0.29) is 5.41 Å². The number of fused-ring (bicyclic) bond motifs is 1. The summed E-state index contributed by atoms with van der Waals surface area (Å²) in [4.78, 5) is 12.3. The van der Waals surface area contributed by atoms with Gasteiger partial charge in [-0.15, -0.1) is 0 Å². The molecule has 84 valence electrons. The van der Waals surface area contributed by atoms with Gasteiger partial charge in [-0.1, -0.05) is 34.6 Å². The monoisotopic (exact) mass is 206 g/mol. The summed E-state index contributed by atoms with van der Waals surface area (Å²) < 4.78 is 0.